The fourth-order valence-electron chi connectivity index (χ4n) is 4.75. The average molecular weight is 533 g/mol. The number of nitrogens with zero attached hydrogens (tertiary/aromatic N) is 4. The molecule has 3 amide bonds. The molecule has 1 saturated heterocycles. The first kappa shape index (κ1) is 27.2. The van der Waals surface area contributed by atoms with E-state index in [9.17, 15) is 22.8 Å². The minimum Gasteiger partial charge on any atom is -0.406 e. The minimum atomic E-state index is -4.80. The van der Waals surface area contributed by atoms with Crippen molar-refractivity contribution < 1.29 is 27.5 Å². The quantitative estimate of drug-likeness (QED) is 0.590. The second-order valence-electron chi connectivity index (χ2n) is 10.3. The molecule has 0 saturated carbocycles. The summed E-state index contributed by atoms with van der Waals surface area (Å²) in [7, 11) is 0. The van der Waals surface area contributed by atoms with Gasteiger partial charge in [0.05, 0.1) is 18.7 Å². The van der Waals surface area contributed by atoms with Crippen LogP contribution in [0.3, 0.4) is 0 Å². The van der Waals surface area contributed by atoms with Crippen molar-refractivity contribution in [2.75, 3.05) is 19.6 Å². The molecule has 9 nitrogen and oxygen atoms in total. The zero-order chi connectivity index (χ0) is 27.5. The first-order valence-electron chi connectivity index (χ1n) is 12.4. The molecule has 2 unspecified atom stereocenters. The zero-order valence-corrected chi connectivity index (χ0v) is 21.5. The normalized spacial score (nSPS) is 19.7. The lowest BCUT2D eigenvalue weighted by atomic mass is 9.73. The number of allylic oxidation sites excluding steroid dienone is 2. The van der Waals surface area contributed by atoms with Crippen LogP contribution in [0.25, 0.3) is 5.57 Å². The number of nitrogens with one attached hydrogen (secondary N) is 2. The Morgan fingerprint density at radius 2 is 2.00 bits per heavy atom. The van der Waals surface area contributed by atoms with Gasteiger partial charge in [-0.15, -0.1) is 18.3 Å². The molecule has 204 valence electrons. The van der Waals surface area contributed by atoms with Gasteiger partial charge in [-0.2, -0.15) is 0 Å². The Bertz CT molecular complexity index is 1220. The summed E-state index contributed by atoms with van der Waals surface area (Å²) in [5.74, 6) is -1.41. The third-order valence-corrected chi connectivity index (χ3v) is 6.33. The minimum absolute atomic E-state index is 0.199. The summed E-state index contributed by atoms with van der Waals surface area (Å²) in [4.78, 5) is 27.9. The topological polar surface area (TPSA) is 101 Å². The molecule has 2 aliphatic rings. The monoisotopic (exact) mass is 532 g/mol. The maximum absolute atomic E-state index is 13.2. The highest BCUT2D eigenvalue weighted by molar-refractivity contribution is 5.87. The lowest BCUT2D eigenvalue weighted by Crippen LogP contribution is -2.53. The van der Waals surface area contributed by atoms with Crippen molar-refractivity contribution in [3.63, 3.8) is 0 Å². The third kappa shape index (κ3) is 6.93. The number of likely N-dealkylation sites (tertiary alicyclic amines) is 1. The Morgan fingerprint density at radius 1 is 1.21 bits per heavy atom. The summed E-state index contributed by atoms with van der Waals surface area (Å²) in [5.41, 5.74) is 1.79. The molecule has 1 aromatic heterocycles. The molecule has 2 N–H and O–H groups in total. The predicted octanol–water partition coefficient (Wildman–Crippen LogP) is 3.76. The van der Waals surface area contributed by atoms with Gasteiger partial charge in [-0.3, -0.25) is 9.48 Å². The molecule has 1 aliphatic heterocycles. The highest BCUT2D eigenvalue weighted by atomic mass is 19.4. The largest absolute Gasteiger partial charge is 0.573 e. The molecule has 2 aromatic rings. The van der Waals surface area contributed by atoms with E-state index < -0.39 is 17.8 Å². The number of fused-ring (bicyclic) bond motifs is 1. The molecule has 1 aromatic carbocycles. The van der Waals surface area contributed by atoms with Crippen molar-refractivity contribution in [3.05, 3.63) is 59.9 Å². The molecule has 12 heteroatoms. The van der Waals surface area contributed by atoms with Crippen LogP contribution in [0.1, 0.15) is 32.8 Å². The number of piperidine rings is 1. The van der Waals surface area contributed by atoms with E-state index in [2.05, 4.69) is 25.7 Å². The van der Waals surface area contributed by atoms with Gasteiger partial charge >= 0.3 is 12.4 Å². The lowest BCUT2D eigenvalue weighted by Gasteiger charge is -2.41. The van der Waals surface area contributed by atoms with Crippen molar-refractivity contribution in [2.24, 2.45) is 11.8 Å². The number of benzene rings is 1. The number of aromatic nitrogens is 3. The van der Waals surface area contributed by atoms with Crippen molar-refractivity contribution in [1.29, 1.82) is 0 Å². The summed E-state index contributed by atoms with van der Waals surface area (Å²) >= 11 is 0. The van der Waals surface area contributed by atoms with Gasteiger partial charge in [0, 0.05) is 37.3 Å². The predicted molar refractivity (Wildman–Crippen MR) is 134 cm³/mol. The summed E-state index contributed by atoms with van der Waals surface area (Å²) < 4.78 is 44.1. The molecule has 2 atom stereocenters. The summed E-state index contributed by atoms with van der Waals surface area (Å²) in [6.45, 7) is 7.19. The molecule has 4 rings (SSSR count). The van der Waals surface area contributed by atoms with Gasteiger partial charge in [-0.25, -0.2) is 4.79 Å². The van der Waals surface area contributed by atoms with E-state index in [0.717, 1.165) is 11.1 Å². The number of urea groups is 1. The maximum Gasteiger partial charge on any atom is 0.573 e. The number of hydrogen-bond donors (Lipinski definition) is 2. The molecule has 38 heavy (non-hydrogen) atoms. The van der Waals surface area contributed by atoms with E-state index in [0.29, 0.717) is 38.2 Å². The smallest absolute Gasteiger partial charge is 0.406 e. The molecule has 2 heterocycles. The fourth-order valence-corrected chi connectivity index (χ4v) is 4.75. The van der Waals surface area contributed by atoms with Gasteiger partial charge in [0.2, 0.25) is 5.91 Å². The summed E-state index contributed by atoms with van der Waals surface area (Å²) in [6, 6.07) is 5.58. The van der Waals surface area contributed by atoms with E-state index in [1.807, 2.05) is 20.8 Å². The number of rotatable bonds is 6. The van der Waals surface area contributed by atoms with Crippen LogP contribution in [0.4, 0.5) is 18.0 Å². The number of hydrogen-bond acceptors (Lipinski definition) is 5. The summed E-state index contributed by atoms with van der Waals surface area (Å²) in [5, 5.41) is 13.5. The highest BCUT2D eigenvalue weighted by Crippen LogP contribution is 2.41. The van der Waals surface area contributed by atoms with Crippen LogP contribution in [0.5, 0.6) is 5.75 Å². The first-order valence-corrected chi connectivity index (χ1v) is 12.4. The lowest BCUT2D eigenvalue weighted by molar-refractivity contribution is -0.274. The number of halogens is 3. The molecular formula is C26H31F3N6O3. The van der Waals surface area contributed by atoms with Crippen LogP contribution < -0.4 is 15.4 Å². The van der Waals surface area contributed by atoms with Gasteiger partial charge in [-0.1, -0.05) is 35.1 Å². The Morgan fingerprint density at radius 3 is 2.68 bits per heavy atom. The molecule has 0 spiro atoms. The standard InChI is InChI=1S/C26H31F3N6O3/c1-25(2,3)32-24(37)34-12-9-20-19(17-5-4-6-18(15-17)38-26(27,28)29)7-8-21(22(20)16-34)23(36)30-10-13-35-14-11-31-33-35/h4-8,11,14-15,21-22H,9-10,12-13,16H2,1-3H3,(H,30,36)(H,32,37). The van der Waals surface area contributed by atoms with Crippen LogP contribution in [0.15, 0.2) is 54.4 Å². The van der Waals surface area contributed by atoms with Crippen LogP contribution in [-0.2, 0) is 11.3 Å². The number of carbonyl (C=O) groups is 2. The maximum atomic E-state index is 13.2. The number of amides is 3. The molecule has 0 radical (unpaired) electrons. The van der Waals surface area contributed by atoms with Crippen LogP contribution in [-0.4, -0.2) is 63.4 Å². The third-order valence-electron chi connectivity index (χ3n) is 6.33. The van der Waals surface area contributed by atoms with Gasteiger partial charge in [0.15, 0.2) is 0 Å². The SMILES string of the molecule is CC(C)(C)NC(=O)N1CCC2=C(c3cccc(OC(F)(F)F)c3)C=CC(C(=O)NCCn3ccnn3)C2C1. The molecular weight excluding hydrogens is 501 g/mol. The average Bonchev–Trinajstić information content (AvgIpc) is 3.34. The second kappa shape index (κ2) is 10.9. The van der Waals surface area contributed by atoms with Gasteiger partial charge in [0.25, 0.3) is 0 Å². The number of carbonyl (C=O) groups excluding carboxylic acids is 2. The van der Waals surface area contributed by atoms with Crippen molar-refractivity contribution in [3.8, 4) is 5.75 Å². The zero-order valence-electron chi connectivity index (χ0n) is 21.5. The molecule has 0 bridgehead atoms. The van der Waals surface area contributed by atoms with Crippen LogP contribution in [0, 0.1) is 11.8 Å². The van der Waals surface area contributed by atoms with Crippen molar-refractivity contribution >= 4 is 17.5 Å². The van der Waals surface area contributed by atoms with E-state index in [4.69, 9.17) is 0 Å². The van der Waals surface area contributed by atoms with E-state index >= 15 is 0 Å². The van der Waals surface area contributed by atoms with Crippen LogP contribution >= 0.6 is 0 Å². The van der Waals surface area contributed by atoms with Crippen molar-refractivity contribution in [1.82, 2.24) is 30.5 Å². The van der Waals surface area contributed by atoms with Gasteiger partial charge in [-0.05, 0) is 50.5 Å². The fraction of sp³-hybridized carbons (Fsp3) is 0.462. The summed E-state index contributed by atoms with van der Waals surface area (Å²) in [6.07, 6.45) is 2.47. The highest BCUT2D eigenvalue weighted by Gasteiger charge is 2.39. The Kier molecular flexibility index (Phi) is 7.79. The number of ether oxygens (including phenoxy) is 1. The van der Waals surface area contributed by atoms with Gasteiger partial charge in [0.1, 0.15) is 5.75 Å². The second-order valence-corrected chi connectivity index (χ2v) is 10.3. The Labute approximate surface area is 218 Å². The van der Waals surface area contributed by atoms with Crippen molar-refractivity contribution in [2.45, 2.75) is 45.6 Å². The molecule has 1 aliphatic carbocycles. The Hall–Kier alpha value is -3.83. The van der Waals surface area contributed by atoms with E-state index in [1.54, 1.807) is 40.2 Å². The number of alkyl halides is 3. The Balaban J connectivity index is 1.58. The van der Waals surface area contributed by atoms with E-state index in [1.165, 1.54) is 18.2 Å². The van der Waals surface area contributed by atoms with Crippen LogP contribution in [0.2, 0.25) is 0 Å². The van der Waals surface area contributed by atoms with Gasteiger partial charge < -0.3 is 20.3 Å². The first-order chi connectivity index (χ1) is 17.9. The molecule has 1 fully saturated rings. The van der Waals surface area contributed by atoms with E-state index in [-0.39, 0.29) is 23.6 Å².